The molecule has 0 bridgehead atoms. The third-order valence-corrected chi connectivity index (χ3v) is 4.87. The highest BCUT2D eigenvalue weighted by Gasteiger charge is 2.57. The molecule has 0 spiro atoms. The van der Waals surface area contributed by atoms with Crippen molar-refractivity contribution in [2.24, 2.45) is 11.8 Å². The van der Waals surface area contributed by atoms with Crippen LogP contribution >= 0.6 is 11.3 Å². The van der Waals surface area contributed by atoms with E-state index in [1.54, 1.807) is 4.88 Å². The summed E-state index contributed by atoms with van der Waals surface area (Å²) < 4.78 is 0. The second-order valence-corrected chi connectivity index (χ2v) is 5.83. The lowest BCUT2D eigenvalue weighted by atomic mass is 9.88. The van der Waals surface area contributed by atoms with Crippen molar-refractivity contribution in [2.45, 2.75) is 32.6 Å². The van der Waals surface area contributed by atoms with Crippen molar-refractivity contribution >= 4 is 11.3 Å². The van der Waals surface area contributed by atoms with E-state index < -0.39 is 0 Å². The second kappa shape index (κ2) is 4.26. The zero-order chi connectivity index (χ0) is 10.9. The Hall–Kier alpha value is -0.340. The molecule has 2 atom stereocenters. The number of rotatable bonds is 5. The molecule has 1 aliphatic rings. The van der Waals surface area contributed by atoms with E-state index in [-0.39, 0.29) is 0 Å². The smallest absolute Gasteiger partial charge is 0.0114 e. The van der Waals surface area contributed by atoms with Crippen molar-refractivity contribution < 1.29 is 0 Å². The Morgan fingerprint density at radius 3 is 2.93 bits per heavy atom. The van der Waals surface area contributed by atoms with E-state index in [1.165, 1.54) is 13.0 Å². The van der Waals surface area contributed by atoms with Gasteiger partial charge in [-0.3, -0.25) is 0 Å². The molecule has 2 unspecified atom stereocenters. The number of thiophene rings is 1. The van der Waals surface area contributed by atoms with E-state index in [4.69, 9.17) is 0 Å². The highest BCUT2D eigenvalue weighted by atomic mass is 32.1. The molecule has 1 fully saturated rings. The van der Waals surface area contributed by atoms with Gasteiger partial charge in [0.1, 0.15) is 0 Å². The normalized spacial score (nSPS) is 29.7. The molecule has 1 nitrogen and oxygen atoms in total. The van der Waals surface area contributed by atoms with Crippen LogP contribution in [0.5, 0.6) is 0 Å². The first kappa shape index (κ1) is 11.2. The second-order valence-electron chi connectivity index (χ2n) is 4.88. The highest BCUT2D eigenvalue weighted by molar-refractivity contribution is 7.10. The van der Waals surface area contributed by atoms with Crippen LogP contribution in [0, 0.1) is 11.8 Å². The Morgan fingerprint density at radius 1 is 1.60 bits per heavy atom. The van der Waals surface area contributed by atoms with Crippen molar-refractivity contribution in [2.75, 3.05) is 13.1 Å². The van der Waals surface area contributed by atoms with Crippen LogP contribution < -0.4 is 5.32 Å². The van der Waals surface area contributed by atoms with Crippen molar-refractivity contribution in [3.8, 4) is 0 Å². The van der Waals surface area contributed by atoms with Crippen LogP contribution in [0.15, 0.2) is 17.5 Å². The molecule has 0 aromatic carbocycles. The van der Waals surface area contributed by atoms with Gasteiger partial charge in [-0.15, -0.1) is 11.3 Å². The van der Waals surface area contributed by atoms with Crippen molar-refractivity contribution in [1.82, 2.24) is 5.32 Å². The van der Waals surface area contributed by atoms with Crippen LogP contribution in [0.25, 0.3) is 0 Å². The van der Waals surface area contributed by atoms with Gasteiger partial charge in [-0.2, -0.15) is 0 Å². The third kappa shape index (κ3) is 1.85. The van der Waals surface area contributed by atoms with Crippen molar-refractivity contribution in [1.29, 1.82) is 0 Å². The maximum atomic E-state index is 3.49. The molecule has 1 aliphatic carbocycles. The van der Waals surface area contributed by atoms with Gasteiger partial charge in [-0.05, 0) is 42.8 Å². The van der Waals surface area contributed by atoms with E-state index in [9.17, 15) is 0 Å². The van der Waals surface area contributed by atoms with Crippen LogP contribution in [0.3, 0.4) is 0 Å². The molecule has 2 rings (SSSR count). The molecule has 0 saturated heterocycles. The molecular formula is C13H21NS. The largest absolute Gasteiger partial charge is 0.317 e. The fourth-order valence-corrected chi connectivity index (χ4v) is 3.92. The molecule has 1 heterocycles. The van der Waals surface area contributed by atoms with Gasteiger partial charge in [0.25, 0.3) is 0 Å². The van der Waals surface area contributed by atoms with E-state index in [1.807, 2.05) is 11.3 Å². The summed E-state index contributed by atoms with van der Waals surface area (Å²) in [5.74, 6) is 1.62. The topological polar surface area (TPSA) is 12.0 Å². The zero-order valence-electron chi connectivity index (χ0n) is 9.92. The number of nitrogens with one attached hydrogen (secondary N) is 1. The first-order chi connectivity index (χ1) is 7.21. The molecule has 1 aromatic rings. The van der Waals surface area contributed by atoms with E-state index in [2.05, 4.69) is 43.6 Å². The monoisotopic (exact) mass is 223 g/mol. The van der Waals surface area contributed by atoms with Gasteiger partial charge >= 0.3 is 0 Å². The third-order valence-electron chi connectivity index (χ3n) is 3.80. The summed E-state index contributed by atoms with van der Waals surface area (Å²) in [4.78, 5) is 1.60. The molecule has 15 heavy (non-hydrogen) atoms. The summed E-state index contributed by atoms with van der Waals surface area (Å²) in [5.41, 5.74) is 0.496. The van der Waals surface area contributed by atoms with E-state index >= 15 is 0 Å². The summed E-state index contributed by atoms with van der Waals surface area (Å²) >= 11 is 1.93. The van der Waals surface area contributed by atoms with E-state index in [0.29, 0.717) is 5.41 Å². The predicted molar refractivity (Wildman–Crippen MR) is 67.5 cm³/mol. The fraction of sp³-hybridized carbons (Fsp3) is 0.692. The minimum atomic E-state index is 0.496. The van der Waals surface area contributed by atoms with Crippen LogP contribution in [0.2, 0.25) is 0 Å². The molecule has 1 saturated carbocycles. The standard InChI is InChI=1S/C13H21NS/c1-4-14-9-11-8-13(11,10(2)3)12-6-5-7-15-12/h5-7,10-11,14H,4,8-9H2,1-3H3. The molecule has 1 aromatic heterocycles. The molecule has 0 amide bonds. The lowest BCUT2D eigenvalue weighted by Crippen LogP contribution is -2.24. The van der Waals surface area contributed by atoms with Crippen molar-refractivity contribution in [3.63, 3.8) is 0 Å². The molecular weight excluding hydrogens is 202 g/mol. The first-order valence-electron chi connectivity index (χ1n) is 5.96. The molecule has 0 radical (unpaired) electrons. The number of hydrogen-bond acceptors (Lipinski definition) is 2. The van der Waals surface area contributed by atoms with Gasteiger partial charge in [0.05, 0.1) is 0 Å². The minimum Gasteiger partial charge on any atom is -0.317 e. The maximum absolute atomic E-state index is 3.49. The predicted octanol–water partition coefficient (Wildman–Crippen LogP) is 3.27. The lowest BCUT2D eigenvalue weighted by Gasteiger charge is -2.20. The van der Waals surface area contributed by atoms with Gasteiger partial charge in [0, 0.05) is 10.3 Å². The zero-order valence-corrected chi connectivity index (χ0v) is 10.7. The quantitative estimate of drug-likeness (QED) is 0.808. The molecule has 2 heteroatoms. The van der Waals surface area contributed by atoms with Gasteiger partial charge in [0.15, 0.2) is 0 Å². The molecule has 0 aliphatic heterocycles. The fourth-order valence-electron chi connectivity index (χ4n) is 2.76. The SMILES string of the molecule is CCNCC1CC1(c1cccs1)C(C)C. The summed E-state index contributed by atoms with van der Waals surface area (Å²) in [7, 11) is 0. The van der Waals surface area contributed by atoms with E-state index in [0.717, 1.165) is 18.4 Å². The Kier molecular flexibility index (Phi) is 3.17. The maximum Gasteiger partial charge on any atom is 0.0114 e. The first-order valence-corrected chi connectivity index (χ1v) is 6.84. The minimum absolute atomic E-state index is 0.496. The lowest BCUT2D eigenvalue weighted by molar-refractivity contribution is 0.437. The average molecular weight is 223 g/mol. The average Bonchev–Trinajstić information content (AvgIpc) is 2.70. The Bertz CT molecular complexity index is 304. The summed E-state index contributed by atoms with van der Waals surface area (Å²) in [5, 5.41) is 5.70. The summed E-state index contributed by atoms with van der Waals surface area (Å²) in [6, 6.07) is 4.50. The van der Waals surface area contributed by atoms with Crippen LogP contribution in [0.4, 0.5) is 0 Å². The Balaban J connectivity index is 2.09. The number of hydrogen-bond donors (Lipinski definition) is 1. The summed E-state index contributed by atoms with van der Waals surface area (Å²) in [6.45, 7) is 9.20. The van der Waals surface area contributed by atoms with Gasteiger partial charge < -0.3 is 5.32 Å². The van der Waals surface area contributed by atoms with Gasteiger partial charge in [0.2, 0.25) is 0 Å². The Labute approximate surface area is 96.9 Å². The molecule has 1 N–H and O–H groups in total. The van der Waals surface area contributed by atoms with Crippen LogP contribution in [0.1, 0.15) is 32.1 Å². The highest BCUT2D eigenvalue weighted by Crippen LogP contribution is 2.59. The van der Waals surface area contributed by atoms with Crippen LogP contribution in [-0.2, 0) is 5.41 Å². The van der Waals surface area contributed by atoms with Gasteiger partial charge in [-0.1, -0.05) is 26.8 Å². The van der Waals surface area contributed by atoms with Crippen LogP contribution in [-0.4, -0.2) is 13.1 Å². The summed E-state index contributed by atoms with van der Waals surface area (Å²) in [6.07, 6.45) is 1.37. The van der Waals surface area contributed by atoms with Crippen molar-refractivity contribution in [3.05, 3.63) is 22.4 Å². The molecule has 84 valence electrons. The van der Waals surface area contributed by atoms with Gasteiger partial charge in [-0.25, -0.2) is 0 Å². The Morgan fingerprint density at radius 2 is 2.40 bits per heavy atom.